The van der Waals surface area contributed by atoms with Crippen LogP contribution in [0.5, 0.6) is 0 Å². The number of nitrogens with zero attached hydrogens (tertiary/aromatic N) is 5. The molecule has 0 spiro atoms. The second kappa shape index (κ2) is 13.0. The van der Waals surface area contributed by atoms with E-state index in [-0.39, 0.29) is 0 Å². The molecule has 0 amide bonds. The Morgan fingerprint density at radius 2 is 0.679 bits per heavy atom. The third-order valence-electron chi connectivity index (χ3n) is 10.8. The van der Waals surface area contributed by atoms with E-state index in [1.165, 1.54) is 38.2 Å². The Hall–Kier alpha value is -7.63. The molecule has 11 rings (SSSR count). The zero-order valence-electron chi connectivity index (χ0n) is 30.3. The van der Waals surface area contributed by atoms with Gasteiger partial charge >= 0.3 is 0 Å². The fourth-order valence-electron chi connectivity index (χ4n) is 8.14. The van der Waals surface area contributed by atoms with Crippen LogP contribution in [0.4, 0.5) is 0 Å². The van der Waals surface area contributed by atoms with Crippen LogP contribution in [0.1, 0.15) is 0 Å². The van der Waals surface area contributed by atoms with E-state index >= 15 is 0 Å². The smallest absolute Gasteiger partial charge is 0.164 e. The molecule has 0 atom stereocenters. The lowest BCUT2D eigenvalue weighted by molar-refractivity contribution is 1.07. The Labute approximate surface area is 323 Å². The van der Waals surface area contributed by atoms with Gasteiger partial charge < -0.3 is 9.13 Å². The Kier molecular flexibility index (Phi) is 7.42. The first kappa shape index (κ1) is 31.9. The van der Waals surface area contributed by atoms with Crippen LogP contribution in [0.3, 0.4) is 0 Å². The average Bonchev–Trinajstić information content (AvgIpc) is 3.78. The summed E-state index contributed by atoms with van der Waals surface area (Å²) < 4.78 is 4.78. The minimum atomic E-state index is 0.627. The minimum absolute atomic E-state index is 0.627. The summed E-state index contributed by atoms with van der Waals surface area (Å²) in [6, 6.07) is 70.4. The highest BCUT2D eigenvalue weighted by Gasteiger charge is 2.19. The van der Waals surface area contributed by atoms with Gasteiger partial charge in [0, 0.05) is 49.6 Å². The van der Waals surface area contributed by atoms with Crippen LogP contribution in [0.15, 0.2) is 200 Å². The summed E-state index contributed by atoms with van der Waals surface area (Å²) in [7, 11) is 0. The van der Waals surface area contributed by atoms with Gasteiger partial charge in [-0.05, 0) is 59.7 Å². The van der Waals surface area contributed by atoms with Gasteiger partial charge in [-0.2, -0.15) is 0 Å². The van der Waals surface area contributed by atoms with Gasteiger partial charge in [0.15, 0.2) is 17.5 Å². The summed E-state index contributed by atoms with van der Waals surface area (Å²) in [5.41, 5.74) is 12.0. The molecule has 3 heterocycles. The van der Waals surface area contributed by atoms with E-state index in [1.807, 2.05) is 60.7 Å². The van der Waals surface area contributed by atoms with Crippen molar-refractivity contribution in [3.8, 4) is 56.7 Å². The lowest BCUT2D eigenvalue weighted by Gasteiger charge is -2.12. The quantitative estimate of drug-likeness (QED) is 0.172. The van der Waals surface area contributed by atoms with Crippen molar-refractivity contribution in [2.24, 2.45) is 0 Å². The molecule has 0 fully saturated rings. The highest BCUT2D eigenvalue weighted by atomic mass is 15.0. The Bertz CT molecular complexity index is 3160. The fraction of sp³-hybridized carbons (Fsp3) is 0. The molecule has 0 saturated heterocycles. The number of fused-ring (bicyclic) bond motifs is 6. The zero-order valence-corrected chi connectivity index (χ0v) is 30.3. The molecule has 5 nitrogen and oxygen atoms in total. The molecule has 262 valence electrons. The first-order valence-corrected chi connectivity index (χ1v) is 18.9. The molecule has 3 aromatic heterocycles. The van der Waals surface area contributed by atoms with E-state index < -0.39 is 0 Å². The normalized spacial score (nSPS) is 11.6. The average molecular weight is 716 g/mol. The predicted octanol–water partition coefficient (Wildman–Crippen LogP) is 12.7. The van der Waals surface area contributed by atoms with E-state index in [4.69, 9.17) is 15.0 Å². The van der Waals surface area contributed by atoms with Crippen LogP contribution in [-0.2, 0) is 0 Å². The molecule has 5 heteroatoms. The van der Waals surface area contributed by atoms with Gasteiger partial charge in [-0.1, -0.05) is 152 Å². The summed E-state index contributed by atoms with van der Waals surface area (Å²) >= 11 is 0. The van der Waals surface area contributed by atoms with Crippen molar-refractivity contribution < 1.29 is 0 Å². The number of benzene rings is 8. The van der Waals surface area contributed by atoms with Gasteiger partial charge in [0.05, 0.1) is 22.1 Å². The maximum atomic E-state index is 5.05. The second-order valence-electron chi connectivity index (χ2n) is 14.1. The van der Waals surface area contributed by atoms with Crippen molar-refractivity contribution >= 4 is 43.6 Å². The summed E-state index contributed by atoms with van der Waals surface area (Å²) in [6.45, 7) is 0. The molecular weight excluding hydrogens is 683 g/mol. The molecule has 56 heavy (non-hydrogen) atoms. The van der Waals surface area contributed by atoms with Crippen molar-refractivity contribution in [3.05, 3.63) is 200 Å². The number of aromatic nitrogens is 5. The Morgan fingerprint density at radius 3 is 1.23 bits per heavy atom. The van der Waals surface area contributed by atoms with Gasteiger partial charge in [-0.3, -0.25) is 0 Å². The van der Waals surface area contributed by atoms with Crippen LogP contribution < -0.4 is 0 Å². The molecule has 0 unspecified atom stereocenters. The van der Waals surface area contributed by atoms with Crippen LogP contribution in [-0.4, -0.2) is 24.1 Å². The fourth-order valence-corrected chi connectivity index (χ4v) is 8.14. The summed E-state index contributed by atoms with van der Waals surface area (Å²) in [5.74, 6) is 1.91. The molecular formula is C51H33N5. The van der Waals surface area contributed by atoms with Crippen LogP contribution in [0.25, 0.3) is 100 Å². The van der Waals surface area contributed by atoms with Crippen molar-refractivity contribution in [2.75, 3.05) is 0 Å². The van der Waals surface area contributed by atoms with Gasteiger partial charge in [0.2, 0.25) is 0 Å². The van der Waals surface area contributed by atoms with E-state index in [9.17, 15) is 0 Å². The SMILES string of the molecule is c1ccc(-c2ccc(-n3c4ccccc4c4cc5c6ccccc6n(-c6cccc(-c7nc(-c8ccccc8)nc(-c8ccccc8)n7)c6)c5cc43)cc2)cc1. The van der Waals surface area contributed by atoms with Crippen molar-refractivity contribution in [2.45, 2.75) is 0 Å². The zero-order chi connectivity index (χ0) is 37.0. The first-order valence-electron chi connectivity index (χ1n) is 18.9. The van der Waals surface area contributed by atoms with Gasteiger partial charge in [-0.25, -0.2) is 15.0 Å². The summed E-state index contributed by atoms with van der Waals surface area (Å²) in [6.07, 6.45) is 0. The molecule has 0 saturated carbocycles. The van der Waals surface area contributed by atoms with E-state index in [0.717, 1.165) is 44.6 Å². The second-order valence-corrected chi connectivity index (χ2v) is 14.1. The standard InChI is InChI=1S/C51H33N5/c1-4-15-34(16-5-1)35-27-29-39(30-28-35)55-45-25-12-10-23-41(45)43-32-44-42-24-11-13-26-46(42)56(48(44)33-47(43)55)40-22-14-21-38(31-40)51-53-49(36-17-6-2-7-18-36)52-50(54-51)37-19-8-3-9-20-37/h1-33H. The topological polar surface area (TPSA) is 48.5 Å². The lowest BCUT2D eigenvalue weighted by atomic mass is 10.1. The van der Waals surface area contributed by atoms with Crippen LogP contribution >= 0.6 is 0 Å². The molecule has 0 radical (unpaired) electrons. The molecule has 0 N–H and O–H groups in total. The number of hydrogen-bond donors (Lipinski definition) is 0. The highest BCUT2D eigenvalue weighted by molar-refractivity contribution is 6.19. The maximum Gasteiger partial charge on any atom is 0.164 e. The van der Waals surface area contributed by atoms with Crippen LogP contribution in [0, 0.1) is 0 Å². The Balaban J connectivity index is 1.12. The molecule has 0 bridgehead atoms. The first-order chi connectivity index (χ1) is 27.8. The van der Waals surface area contributed by atoms with Gasteiger partial charge in [-0.15, -0.1) is 0 Å². The lowest BCUT2D eigenvalue weighted by Crippen LogP contribution is -2.01. The minimum Gasteiger partial charge on any atom is -0.309 e. The molecule has 0 aliphatic carbocycles. The highest BCUT2D eigenvalue weighted by Crippen LogP contribution is 2.40. The monoisotopic (exact) mass is 715 g/mol. The van der Waals surface area contributed by atoms with E-state index in [0.29, 0.717) is 17.5 Å². The van der Waals surface area contributed by atoms with E-state index in [2.05, 4.69) is 149 Å². The van der Waals surface area contributed by atoms with Crippen molar-refractivity contribution in [3.63, 3.8) is 0 Å². The van der Waals surface area contributed by atoms with Gasteiger partial charge in [0.1, 0.15) is 0 Å². The molecule has 11 aromatic rings. The largest absolute Gasteiger partial charge is 0.309 e. The predicted molar refractivity (Wildman–Crippen MR) is 230 cm³/mol. The number of hydrogen-bond acceptors (Lipinski definition) is 3. The Morgan fingerprint density at radius 1 is 0.250 bits per heavy atom. The number of para-hydroxylation sites is 2. The summed E-state index contributed by atoms with van der Waals surface area (Å²) in [4.78, 5) is 15.0. The third-order valence-corrected chi connectivity index (χ3v) is 10.8. The summed E-state index contributed by atoms with van der Waals surface area (Å²) in [5, 5.41) is 4.87. The molecule has 0 aliphatic rings. The number of rotatable bonds is 6. The van der Waals surface area contributed by atoms with E-state index in [1.54, 1.807) is 0 Å². The molecule has 0 aliphatic heterocycles. The van der Waals surface area contributed by atoms with Crippen LogP contribution in [0.2, 0.25) is 0 Å². The molecule has 8 aromatic carbocycles. The van der Waals surface area contributed by atoms with Crippen molar-refractivity contribution in [1.82, 2.24) is 24.1 Å². The van der Waals surface area contributed by atoms with Crippen molar-refractivity contribution in [1.29, 1.82) is 0 Å². The maximum absolute atomic E-state index is 5.05. The van der Waals surface area contributed by atoms with Gasteiger partial charge in [0.25, 0.3) is 0 Å². The third kappa shape index (κ3) is 5.29.